The molecule has 0 unspecified atom stereocenters. The highest BCUT2D eigenvalue weighted by atomic mass is 16.5. The van der Waals surface area contributed by atoms with Crippen LogP contribution in [0.4, 0.5) is 0 Å². The number of carbonyl (C=O) groups is 1. The molecule has 1 heterocycles. The van der Waals surface area contributed by atoms with Gasteiger partial charge in [0.05, 0.1) is 23.9 Å². The van der Waals surface area contributed by atoms with Gasteiger partial charge in [-0.05, 0) is 43.5 Å². The highest BCUT2D eigenvalue weighted by Gasteiger charge is 2.12. The number of hydrogen-bond donors (Lipinski definition) is 1. The SMILES string of the molecule is COc1ccc2nc(C)c(C(=O)NCCC(C)C)cc2c1. The molecule has 0 bridgehead atoms. The van der Waals surface area contributed by atoms with Crippen LogP contribution < -0.4 is 10.1 Å². The summed E-state index contributed by atoms with van der Waals surface area (Å²) in [7, 11) is 1.63. The van der Waals surface area contributed by atoms with Crippen molar-refractivity contribution in [2.45, 2.75) is 27.2 Å². The summed E-state index contributed by atoms with van der Waals surface area (Å²) in [6.07, 6.45) is 0.972. The standard InChI is InChI=1S/C17H22N2O2/c1-11(2)7-8-18-17(20)15-10-13-9-14(21-4)5-6-16(13)19-12(15)3/h5-6,9-11H,7-8H2,1-4H3,(H,18,20). The topological polar surface area (TPSA) is 51.2 Å². The Morgan fingerprint density at radius 1 is 1.33 bits per heavy atom. The van der Waals surface area contributed by atoms with Gasteiger partial charge in [-0.25, -0.2) is 0 Å². The van der Waals surface area contributed by atoms with Gasteiger partial charge in [0.15, 0.2) is 0 Å². The van der Waals surface area contributed by atoms with Crippen molar-refractivity contribution in [3.05, 3.63) is 35.5 Å². The third kappa shape index (κ3) is 3.72. The number of carbonyl (C=O) groups excluding carboxylic acids is 1. The van der Waals surface area contributed by atoms with E-state index in [0.717, 1.165) is 28.8 Å². The fourth-order valence-corrected chi connectivity index (χ4v) is 2.18. The van der Waals surface area contributed by atoms with Crippen LogP contribution in [0.1, 0.15) is 36.3 Å². The maximum absolute atomic E-state index is 12.3. The van der Waals surface area contributed by atoms with E-state index in [-0.39, 0.29) is 5.91 Å². The number of nitrogens with one attached hydrogen (secondary N) is 1. The number of hydrogen-bond acceptors (Lipinski definition) is 3. The number of benzene rings is 1. The minimum Gasteiger partial charge on any atom is -0.497 e. The van der Waals surface area contributed by atoms with Crippen LogP contribution in [0.5, 0.6) is 5.75 Å². The Labute approximate surface area is 125 Å². The van der Waals surface area contributed by atoms with E-state index in [1.807, 2.05) is 31.2 Å². The summed E-state index contributed by atoms with van der Waals surface area (Å²) in [5.74, 6) is 1.27. The molecule has 0 radical (unpaired) electrons. The van der Waals surface area contributed by atoms with Crippen molar-refractivity contribution in [1.29, 1.82) is 0 Å². The maximum atomic E-state index is 12.3. The van der Waals surface area contributed by atoms with Crippen LogP contribution in [-0.2, 0) is 0 Å². The second-order valence-corrected chi connectivity index (χ2v) is 5.62. The Balaban J connectivity index is 2.26. The molecule has 4 heteroatoms. The lowest BCUT2D eigenvalue weighted by atomic mass is 10.1. The lowest BCUT2D eigenvalue weighted by Crippen LogP contribution is -2.26. The second-order valence-electron chi connectivity index (χ2n) is 5.62. The molecule has 0 fully saturated rings. The summed E-state index contributed by atoms with van der Waals surface area (Å²) in [4.78, 5) is 16.8. The minimum absolute atomic E-state index is 0.0645. The number of ether oxygens (including phenoxy) is 1. The number of nitrogens with zero attached hydrogens (tertiary/aromatic N) is 1. The average Bonchev–Trinajstić information content (AvgIpc) is 2.45. The lowest BCUT2D eigenvalue weighted by Gasteiger charge is -2.10. The van der Waals surface area contributed by atoms with Crippen molar-refractivity contribution in [3.8, 4) is 5.75 Å². The van der Waals surface area contributed by atoms with Crippen LogP contribution in [0.25, 0.3) is 10.9 Å². The zero-order valence-corrected chi connectivity index (χ0v) is 13.1. The summed E-state index contributed by atoms with van der Waals surface area (Å²) in [5.41, 5.74) is 2.24. The van der Waals surface area contributed by atoms with Gasteiger partial charge >= 0.3 is 0 Å². The van der Waals surface area contributed by atoms with E-state index < -0.39 is 0 Å². The average molecular weight is 286 g/mol. The molecule has 0 spiro atoms. The van der Waals surface area contributed by atoms with Crippen LogP contribution in [-0.4, -0.2) is 24.5 Å². The van der Waals surface area contributed by atoms with Crippen molar-refractivity contribution in [2.75, 3.05) is 13.7 Å². The van der Waals surface area contributed by atoms with Gasteiger partial charge in [-0.15, -0.1) is 0 Å². The molecular formula is C17H22N2O2. The van der Waals surface area contributed by atoms with Crippen LogP contribution in [0.3, 0.4) is 0 Å². The van der Waals surface area contributed by atoms with Crippen molar-refractivity contribution in [3.63, 3.8) is 0 Å². The Hall–Kier alpha value is -2.10. The third-order valence-electron chi connectivity index (χ3n) is 3.46. The largest absolute Gasteiger partial charge is 0.497 e. The number of amides is 1. The quantitative estimate of drug-likeness (QED) is 0.917. The van der Waals surface area contributed by atoms with Gasteiger partial charge < -0.3 is 10.1 Å². The Bertz CT molecular complexity index is 651. The first-order chi connectivity index (χ1) is 10.0. The molecule has 0 aliphatic rings. The third-order valence-corrected chi connectivity index (χ3v) is 3.46. The van der Waals surface area contributed by atoms with Crippen LogP contribution in [0.2, 0.25) is 0 Å². The Morgan fingerprint density at radius 2 is 2.10 bits per heavy atom. The lowest BCUT2D eigenvalue weighted by molar-refractivity contribution is 0.0951. The Kier molecular flexibility index (Phi) is 4.78. The van der Waals surface area contributed by atoms with E-state index in [0.29, 0.717) is 18.0 Å². The van der Waals surface area contributed by atoms with Crippen molar-refractivity contribution in [1.82, 2.24) is 10.3 Å². The highest BCUT2D eigenvalue weighted by Crippen LogP contribution is 2.21. The van der Waals surface area contributed by atoms with Gasteiger partial charge in [-0.3, -0.25) is 9.78 Å². The molecule has 1 N–H and O–H groups in total. The molecule has 1 aromatic heterocycles. The van der Waals surface area contributed by atoms with E-state index in [1.54, 1.807) is 7.11 Å². The number of pyridine rings is 1. The minimum atomic E-state index is -0.0645. The van der Waals surface area contributed by atoms with Gasteiger partial charge in [-0.1, -0.05) is 13.8 Å². The fourth-order valence-electron chi connectivity index (χ4n) is 2.18. The first-order valence-corrected chi connectivity index (χ1v) is 7.25. The summed E-state index contributed by atoms with van der Waals surface area (Å²) in [6.45, 7) is 6.83. The molecule has 4 nitrogen and oxygen atoms in total. The predicted octanol–water partition coefficient (Wildman–Crippen LogP) is 3.33. The van der Waals surface area contributed by atoms with E-state index in [1.165, 1.54) is 0 Å². The molecule has 0 aliphatic heterocycles. The molecule has 2 aromatic rings. The first kappa shape index (κ1) is 15.3. The number of rotatable bonds is 5. The van der Waals surface area contributed by atoms with Gasteiger partial charge in [0.2, 0.25) is 0 Å². The number of fused-ring (bicyclic) bond motifs is 1. The maximum Gasteiger partial charge on any atom is 0.253 e. The Morgan fingerprint density at radius 3 is 2.76 bits per heavy atom. The van der Waals surface area contributed by atoms with Crippen LogP contribution in [0.15, 0.2) is 24.3 Å². The second kappa shape index (κ2) is 6.57. The van der Waals surface area contributed by atoms with Crippen LogP contribution in [0, 0.1) is 12.8 Å². The molecule has 112 valence electrons. The normalized spacial score (nSPS) is 10.9. The van der Waals surface area contributed by atoms with Gasteiger partial charge in [0.25, 0.3) is 5.91 Å². The molecule has 2 rings (SSSR count). The molecule has 21 heavy (non-hydrogen) atoms. The van der Waals surface area contributed by atoms with Crippen LogP contribution >= 0.6 is 0 Å². The molecule has 0 saturated heterocycles. The molecule has 0 aliphatic carbocycles. The summed E-state index contributed by atoms with van der Waals surface area (Å²) >= 11 is 0. The van der Waals surface area contributed by atoms with Gasteiger partial charge in [-0.2, -0.15) is 0 Å². The summed E-state index contributed by atoms with van der Waals surface area (Å²) < 4.78 is 5.22. The first-order valence-electron chi connectivity index (χ1n) is 7.25. The van der Waals surface area contributed by atoms with E-state index in [2.05, 4.69) is 24.1 Å². The highest BCUT2D eigenvalue weighted by molar-refractivity contribution is 5.98. The van der Waals surface area contributed by atoms with E-state index >= 15 is 0 Å². The number of aryl methyl sites for hydroxylation is 1. The fraction of sp³-hybridized carbons (Fsp3) is 0.412. The molecule has 1 aromatic carbocycles. The molecule has 0 saturated carbocycles. The zero-order valence-electron chi connectivity index (χ0n) is 13.1. The molecule has 1 amide bonds. The summed E-state index contributed by atoms with van der Waals surface area (Å²) in [6, 6.07) is 7.55. The van der Waals surface area contributed by atoms with E-state index in [9.17, 15) is 4.79 Å². The number of methoxy groups -OCH3 is 1. The molecule has 0 atom stereocenters. The van der Waals surface area contributed by atoms with Crippen molar-refractivity contribution >= 4 is 16.8 Å². The predicted molar refractivity (Wildman–Crippen MR) is 84.8 cm³/mol. The summed E-state index contributed by atoms with van der Waals surface area (Å²) in [5, 5.41) is 3.87. The van der Waals surface area contributed by atoms with Gasteiger partial charge in [0.1, 0.15) is 5.75 Å². The van der Waals surface area contributed by atoms with Crippen molar-refractivity contribution < 1.29 is 9.53 Å². The van der Waals surface area contributed by atoms with Gasteiger partial charge in [0, 0.05) is 11.9 Å². The number of aromatic nitrogens is 1. The zero-order chi connectivity index (χ0) is 15.4. The monoisotopic (exact) mass is 286 g/mol. The smallest absolute Gasteiger partial charge is 0.253 e. The molecular weight excluding hydrogens is 264 g/mol. The van der Waals surface area contributed by atoms with E-state index in [4.69, 9.17) is 4.74 Å². The van der Waals surface area contributed by atoms with Crippen molar-refractivity contribution in [2.24, 2.45) is 5.92 Å².